The predicted molar refractivity (Wildman–Crippen MR) is 84.2 cm³/mol. The summed E-state index contributed by atoms with van der Waals surface area (Å²) >= 11 is 9.59. The first-order valence-corrected chi connectivity index (χ1v) is 8.31. The molecule has 1 saturated carbocycles. The fraction of sp³-hybridized carbons (Fsp3) is 0.533. The molecule has 20 heavy (non-hydrogen) atoms. The predicted octanol–water partition coefficient (Wildman–Crippen LogP) is 3.46. The Morgan fingerprint density at radius 3 is 2.80 bits per heavy atom. The highest BCUT2D eigenvalue weighted by molar-refractivity contribution is 9.10. The van der Waals surface area contributed by atoms with Crippen molar-refractivity contribution in [2.75, 3.05) is 13.1 Å². The Hall–Kier alpha value is -0.580. The normalized spacial score (nSPS) is 22.0. The van der Waals surface area contributed by atoms with E-state index in [0.717, 1.165) is 36.8 Å². The molecule has 1 unspecified atom stereocenters. The average Bonchev–Trinajstić information content (AvgIpc) is 3.12. The number of hydrogen-bond acceptors (Lipinski definition) is 2. The van der Waals surface area contributed by atoms with Gasteiger partial charge in [0.15, 0.2) is 0 Å². The molecule has 1 aliphatic heterocycles. The molecule has 1 amide bonds. The first-order valence-electron chi connectivity index (χ1n) is 7.14. The Kier molecular flexibility index (Phi) is 4.34. The number of rotatable bonds is 4. The van der Waals surface area contributed by atoms with E-state index in [1.807, 2.05) is 17.0 Å². The molecule has 0 bridgehead atoms. The molecule has 5 heteroatoms. The molecule has 1 atom stereocenters. The summed E-state index contributed by atoms with van der Waals surface area (Å²) < 4.78 is 0.898. The van der Waals surface area contributed by atoms with Crippen LogP contribution in [0.2, 0.25) is 5.02 Å². The van der Waals surface area contributed by atoms with Gasteiger partial charge in [0.1, 0.15) is 0 Å². The minimum absolute atomic E-state index is 0.0682. The van der Waals surface area contributed by atoms with Crippen LogP contribution in [0.3, 0.4) is 0 Å². The Labute approximate surface area is 132 Å². The number of nitrogens with one attached hydrogen (secondary N) is 1. The van der Waals surface area contributed by atoms with Crippen LogP contribution in [-0.4, -0.2) is 36.0 Å². The third-order valence-electron chi connectivity index (χ3n) is 3.99. The Morgan fingerprint density at radius 2 is 2.20 bits per heavy atom. The number of carbonyl (C=O) groups excluding carboxylic acids is 1. The maximum Gasteiger partial charge on any atom is 0.255 e. The van der Waals surface area contributed by atoms with Gasteiger partial charge in [-0.25, -0.2) is 0 Å². The van der Waals surface area contributed by atoms with E-state index >= 15 is 0 Å². The van der Waals surface area contributed by atoms with Gasteiger partial charge in [-0.1, -0.05) is 27.5 Å². The summed E-state index contributed by atoms with van der Waals surface area (Å²) in [4.78, 5) is 14.8. The van der Waals surface area contributed by atoms with Gasteiger partial charge in [0.05, 0.1) is 10.6 Å². The van der Waals surface area contributed by atoms with Crippen LogP contribution >= 0.6 is 27.5 Å². The number of carbonyl (C=O) groups is 1. The molecular formula is C15H18BrClN2O. The lowest BCUT2D eigenvalue weighted by Crippen LogP contribution is -2.42. The van der Waals surface area contributed by atoms with Crippen molar-refractivity contribution in [3.63, 3.8) is 0 Å². The molecule has 1 N–H and O–H groups in total. The van der Waals surface area contributed by atoms with Crippen LogP contribution in [0, 0.1) is 0 Å². The molecule has 1 saturated heterocycles. The monoisotopic (exact) mass is 356 g/mol. The molecule has 1 aromatic rings. The van der Waals surface area contributed by atoms with Crippen LogP contribution in [-0.2, 0) is 0 Å². The van der Waals surface area contributed by atoms with Gasteiger partial charge < -0.3 is 10.2 Å². The molecular weight excluding hydrogens is 340 g/mol. The standard InChI is InChI=1S/C15H18BrClN2O/c16-10-3-6-13(14(17)8-10)15(20)19(12-4-5-12)9-11-2-1-7-18-11/h3,6,8,11-12,18H,1-2,4-5,7,9H2. The number of hydrogen-bond donors (Lipinski definition) is 1. The second kappa shape index (κ2) is 6.04. The van der Waals surface area contributed by atoms with Crippen molar-refractivity contribution in [2.24, 2.45) is 0 Å². The quantitative estimate of drug-likeness (QED) is 0.895. The maximum atomic E-state index is 12.7. The number of halogens is 2. The maximum absolute atomic E-state index is 12.7. The summed E-state index contributed by atoms with van der Waals surface area (Å²) in [5, 5.41) is 3.99. The van der Waals surface area contributed by atoms with Crippen molar-refractivity contribution in [3.05, 3.63) is 33.3 Å². The zero-order chi connectivity index (χ0) is 14.1. The van der Waals surface area contributed by atoms with Crippen molar-refractivity contribution in [3.8, 4) is 0 Å². The summed E-state index contributed by atoms with van der Waals surface area (Å²) in [7, 11) is 0. The van der Waals surface area contributed by atoms with Gasteiger partial charge in [-0.05, 0) is 50.4 Å². The summed E-state index contributed by atoms with van der Waals surface area (Å²) in [6.45, 7) is 1.87. The SMILES string of the molecule is O=C(c1ccc(Br)cc1Cl)N(CC1CCCN1)C1CC1. The fourth-order valence-electron chi connectivity index (χ4n) is 2.75. The van der Waals surface area contributed by atoms with E-state index < -0.39 is 0 Å². The highest BCUT2D eigenvalue weighted by atomic mass is 79.9. The number of nitrogens with zero attached hydrogens (tertiary/aromatic N) is 1. The van der Waals surface area contributed by atoms with Crippen molar-refractivity contribution in [1.82, 2.24) is 10.2 Å². The van der Waals surface area contributed by atoms with Crippen molar-refractivity contribution in [2.45, 2.75) is 37.8 Å². The molecule has 2 aliphatic rings. The molecule has 1 aromatic carbocycles. The largest absolute Gasteiger partial charge is 0.334 e. The first kappa shape index (κ1) is 14.4. The van der Waals surface area contributed by atoms with E-state index in [9.17, 15) is 4.79 Å². The fourth-order valence-corrected chi connectivity index (χ4v) is 3.51. The molecule has 0 radical (unpaired) electrons. The minimum atomic E-state index is 0.0682. The molecule has 1 aliphatic carbocycles. The van der Waals surface area contributed by atoms with Crippen molar-refractivity contribution in [1.29, 1.82) is 0 Å². The van der Waals surface area contributed by atoms with E-state index in [2.05, 4.69) is 21.2 Å². The lowest BCUT2D eigenvalue weighted by Gasteiger charge is -2.26. The van der Waals surface area contributed by atoms with Gasteiger partial charge in [0.2, 0.25) is 0 Å². The second-order valence-electron chi connectivity index (χ2n) is 5.61. The van der Waals surface area contributed by atoms with Gasteiger partial charge >= 0.3 is 0 Å². The van der Waals surface area contributed by atoms with E-state index in [0.29, 0.717) is 22.7 Å². The van der Waals surface area contributed by atoms with Crippen molar-refractivity contribution >= 4 is 33.4 Å². The highest BCUT2D eigenvalue weighted by Gasteiger charge is 2.35. The molecule has 3 nitrogen and oxygen atoms in total. The first-order chi connectivity index (χ1) is 9.65. The zero-order valence-corrected chi connectivity index (χ0v) is 13.6. The molecule has 108 valence electrons. The van der Waals surface area contributed by atoms with Gasteiger partial charge in [-0.15, -0.1) is 0 Å². The summed E-state index contributed by atoms with van der Waals surface area (Å²) in [6, 6.07) is 6.32. The molecule has 0 spiro atoms. The van der Waals surface area contributed by atoms with Crippen molar-refractivity contribution < 1.29 is 4.79 Å². The van der Waals surface area contributed by atoms with E-state index in [1.54, 1.807) is 6.07 Å². The van der Waals surface area contributed by atoms with Gasteiger partial charge in [0, 0.05) is 23.1 Å². The lowest BCUT2D eigenvalue weighted by atomic mass is 10.1. The van der Waals surface area contributed by atoms with E-state index in [-0.39, 0.29) is 5.91 Å². The Bertz CT molecular complexity index is 513. The van der Waals surface area contributed by atoms with E-state index in [4.69, 9.17) is 11.6 Å². The van der Waals surface area contributed by atoms with Crippen LogP contribution in [0.15, 0.2) is 22.7 Å². The van der Waals surface area contributed by atoms with Crippen LogP contribution < -0.4 is 5.32 Å². The van der Waals surface area contributed by atoms with Gasteiger partial charge in [0.25, 0.3) is 5.91 Å². The third-order valence-corrected chi connectivity index (χ3v) is 4.80. The molecule has 3 rings (SSSR count). The summed E-state index contributed by atoms with van der Waals surface area (Å²) in [5.41, 5.74) is 0.611. The summed E-state index contributed by atoms with van der Waals surface area (Å²) in [5.74, 6) is 0.0682. The van der Waals surface area contributed by atoms with Gasteiger partial charge in [-0.2, -0.15) is 0 Å². The average molecular weight is 358 g/mol. The number of benzene rings is 1. The highest BCUT2D eigenvalue weighted by Crippen LogP contribution is 2.31. The number of amides is 1. The third kappa shape index (κ3) is 3.18. The topological polar surface area (TPSA) is 32.3 Å². The van der Waals surface area contributed by atoms with Crippen LogP contribution in [0.5, 0.6) is 0 Å². The Morgan fingerprint density at radius 1 is 1.40 bits per heavy atom. The van der Waals surface area contributed by atoms with Crippen LogP contribution in [0.25, 0.3) is 0 Å². The van der Waals surface area contributed by atoms with Crippen LogP contribution in [0.4, 0.5) is 0 Å². The Balaban J connectivity index is 1.77. The molecule has 1 heterocycles. The smallest absolute Gasteiger partial charge is 0.255 e. The van der Waals surface area contributed by atoms with E-state index in [1.165, 1.54) is 6.42 Å². The molecule has 0 aromatic heterocycles. The van der Waals surface area contributed by atoms with Crippen LogP contribution in [0.1, 0.15) is 36.0 Å². The zero-order valence-electron chi connectivity index (χ0n) is 11.2. The molecule has 2 fully saturated rings. The lowest BCUT2D eigenvalue weighted by molar-refractivity contribution is 0.0729. The second-order valence-corrected chi connectivity index (χ2v) is 6.93. The minimum Gasteiger partial charge on any atom is -0.334 e. The van der Waals surface area contributed by atoms with Gasteiger partial charge in [-0.3, -0.25) is 4.79 Å². The summed E-state index contributed by atoms with van der Waals surface area (Å²) in [6.07, 6.45) is 4.60.